The third-order valence-corrected chi connectivity index (χ3v) is 4.83. The molecule has 26 heavy (non-hydrogen) atoms. The second kappa shape index (κ2) is 8.09. The Morgan fingerprint density at radius 1 is 1.38 bits per heavy atom. The van der Waals surface area contributed by atoms with Crippen molar-refractivity contribution in [2.75, 3.05) is 18.5 Å². The predicted octanol–water partition coefficient (Wildman–Crippen LogP) is 2.35. The van der Waals surface area contributed by atoms with Gasteiger partial charge in [-0.3, -0.25) is 14.4 Å². The van der Waals surface area contributed by atoms with Gasteiger partial charge in [-0.15, -0.1) is 11.3 Å². The zero-order chi connectivity index (χ0) is 18.5. The van der Waals surface area contributed by atoms with Crippen molar-refractivity contribution >= 4 is 34.1 Å². The molecule has 2 heterocycles. The molecule has 1 aromatic heterocycles. The summed E-state index contributed by atoms with van der Waals surface area (Å²) in [4.78, 5) is 41.9. The lowest BCUT2D eigenvalue weighted by Crippen LogP contribution is -2.45. The number of carbonyl (C=O) groups is 3. The van der Waals surface area contributed by atoms with E-state index >= 15 is 0 Å². The fourth-order valence-corrected chi connectivity index (χ4v) is 3.38. The number of ether oxygens (including phenoxy) is 1. The first-order chi connectivity index (χ1) is 12.5. The van der Waals surface area contributed by atoms with Crippen molar-refractivity contribution in [3.63, 3.8) is 0 Å². The van der Waals surface area contributed by atoms with E-state index in [9.17, 15) is 14.4 Å². The van der Waals surface area contributed by atoms with E-state index < -0.39 is 6.04 Å². The Labute approximate surface area is 155 Å². The summed E-state index contributed by atoms with van der Waals surface area (Å²) in [5, 5.41) is 5.03. The van der Waals surface area contributed by atoms with Crippen molar-refractivity contribution in [3.8, 4) is 5.75 Å². The average Bonchev–Trinajstić information content (AvgIpc) is 3.31. The first-order valence-corrected chi connectivity index (χ1v) is 9.16. The van der Waals surface area contributed by atoms with E-state index in [1.807, 2.05) is 0 Å². The maximum atomic E-state index is 12.5. The van der Waals surface area contributed by atoms with E-state index in [4.69, 9.17) is 4.74 Å². The summed E-state index contributed by atoms with van der Waals surface area (Å²) in [7, 11) is 0. The molecule has 2 aromatic rings. The molecule has 1 N–H and O–H groups in total. The lowest BCUT2D eigenvalue weighted by atomic mass is 10.1. The Balaban J connectivity index is 1.59. The molecule has 136 valence electrons. The number of Topliss-reactive ketones (excluding diaryl/α,β-unsaturated/α-hetero) is 1. The van der Waals surface area contributed by atoms with Crippen molar-refractivity contribution in [1.82, 2.24) is 9.88 Å². The van der Waals surface area contributed by atoms with Crippen LogP contribution in [0.1, 0.15) is 30.1 Å². The van der Waals surface area contributed by atoms with E-state index in [0.717, 1.165) is 6.42 Å². The molecule has 2 amide bonds. The minimum atomic E-state index is -0.515. The molecule has 0 saturated carbocycles. The molecule has 0 bridgehead atoms. The summed E-state index contributed by atoms with van der Waals surface area (Å²) in [6.45, 7) is 1.81. The van der Waals surface area contributed by atoms with Gasteiger partial charge in [0.2, 0.25) is 5.91 Å². The van der Waals surface area contributed by atoms with Gasteiger partial charge in [0.25, 0.3) is 5.91 Å². The SMILES string of the molecule is CC(=O)c1cccc(OCC(=O)N2CCCC2C(=O)Nc2nccs2)c1. The number of thiazole rings is 1. The number of rotatable bonds is 6. The fraction of sp³-hybridized carbons (Fsp3) is 0.333. The number of anilines is 1. The first kappa shape index (κ1) is 18.1. The van der Waals surface area contributed by atoms with E-state index in [-0.39, 0.29) is 24.2 Å². The van der Waals surface area contributed by atoms with Crippen molar-refractivity contribution in [2.45, 2.75) is 25.8 Å². The zero-order valence-corrected chi connectivity index (χ0v) is 15.1. The van der Waals surface area contributed by atoms with Gasteiger partial charge in [-0.05, 0) is 31.9 Å². The second-order valence-electron chi connectivity index (χ2n) is 5.94. The van der Waals surface area contributed by atoms with Crippen LogP contribution >= 0.6 is 11.3 Å². The Morgan fingerprint density at radius 2 is 2.23 bits per heavy atom. The Bertz CT molecular complexity index is 807. The van der Waals surface area contributed by atoms with Gasteiger partial charge in [0.15, 0.2) is 17.5 Å². The smallest absolute Gasteiger partial charge is 0.261 e. The molecule has 8 heteroatoms. The van der Waals surface area contributed by atoms with E-state index in [2.05, 4.69) is 10.3 Å². The van der Waals surface area contributed by atoms with Crippen LogP contribution in [0.4, 0.5) is 5.13 Å². The van der Waals surface area contributed by atoms with Gasteiger partial charge in [-0.1, -0.05) is 12.1 Å². The number of hydrogen-bond donors (Lipinski definition) is 1. The van der Waals surface area contributed by atoms with Gasteiger partial charge < -0.3 is 15.0 Å². The highest BCUT2D eigenvalue weighted by Crippen LogP contribution is 2.21. The Morgan fingerprint density at radius 3 is 2.96 bits per heavy atom. The van der Waals surface area contributed by atoms with Crippen LogP contribution in [0.5, 0.6) is 5.75 Å². The van der Waals surface area contributed by atoms with Crippen LogP contribution in [0.15, 0.2) is 35.8 Å². The highest BCUT2D eigenvalue weighted by Gasteiger charge is 2.34. The molecule has 1 aliphatic heterocycles. The van der Waals surface area contributed by atoms with Gasteiger partial charge in [0, 0.05) is 23.7 Å². The number of hydrogen-bond acceptors (Lipinski definition) is 6. The minimum absolute atomic E-state index is 0.0692. The Kier molecular flexibility index (Phi) is 5.62. The highest BCUT2D eigenvalue weighted by molar-refractivity contribution is 7.13. The number of ketones is 1. The molecule has 1 saturated heterocycles. The standard InChI is InChI=1S/C18H19N3O4S/c1-12(22)13-4-2-5-14(10-13)25-11-16(23)21-8-3-6-15(21)17(24)20-18-19-7-9-26-18/h2,4-5,7,9-10,15H,3,6,8,11H2,1H3,(H,19,20,24). The monoisotopic (exact) mass is 373 g/mol. The number of benzene rings is 1. The molecular weight excluding hydrogens is 354 g/mol. The summed E-state index contributed by atoms with van der Waals surface area (Å²) in [5.74, 6) is -0.103. The van der Waals surface area contributed by atoms with Crippen LogP contribution < -0.4 is 10.1 Å². The minimum Gasteiger partial charge on any atom is -0.484 e. The molecule has 1 atom stereocenters. The molecule has 0 radical (unpaired) electrons. The summed E-state index contributed by atoms with van der Waals surface area (Å²) in [6.07, 6.45) is 2.99. The lowest BCUT2D eigenvalue weighted by molar-refractivity contribution is -0.138. The molecule has 7 nitrogen and oxygen atoms in total. The van der Waals surface area contributed by atoms with Crippen LogP contribution in [-0.4, -0.2) is 46.7 Å². The summed E-state index contributed by atoms with van der Waals surface area (Å²) < 4.78 is 5.52. The number of carbonyl (C=O) groups excluding carboxylic acids is 3. The fourth-order valence-electron chi connectivity index (χ4n) is 2.84. The zero-order valence-electron chi connectivity index (χ0n) is 14.3. The quantitative estimate of drug-likeness (QED) is 0.785. The highest BCUT2D eigenvalue weighted by atomic mass is 32.1. The number of nitrogens with one attached hydrogen (secondary N) is 1. The van der Waals surface area contributed by atoms with E-state index in [0.29, 0.717) is 29.4 Å². The average molecular weight is 373 g/mol. The van der Waals surface area contributed by atoms with Gasteiger partial charge >= 0.3 is 0 Å². The van der Waals surface area contributed by atoms with Crippen LogP contribution in [-0.2, 0) is 9.59 Å². The van der Waals surface area contributed by atoms with E-state index in [1.165, 1.54) is 23.2 Å². The van der Waals surface area contributed by atoms with E-state index in [1.54, 1.807) is 35.8 Å². The van der Waals surface area contributed by atoms with Gasteiger partial charge in [-0.25, -0.2) is 4.98 Å². The first-order valence-electron chi connectivity index (χ1n) is 8.28. The van der Waals surface area contributed by atoms with Crippen LogP contribution in [0, 0.1) is 0 Å². The van der Waals surface area contributed by atoms with Gasteiger partial charge in [-0.2, -0.15) is 0 Å². The topological polar surface area (TPSA) is 88.6 Å². The Hall–Kier alpha value is -2.74. The molecule has 0 spiro atoms. The molecule has 1 aliphatic rings. The molecular formula is C18H19N3O4S. The number of nitrogens with zero attached hydrogens (tertiary/aromatic N) is 2. The normalized spacial score (nSPS) is 16.3. The predicted molar refractivity (Wildman–Crippen MR) is 97.4 cm³/mol. The number of likely N-dealkylation sites (tertiary alicyclic amines) is 1. The number of amides is 2. The van der Waals surface area contributed by atoms with Crippen LogP contribution in [0.2, 0.25) is 0 Å². The third kappa shape index (κ3) is 4.26. The molecule has 3 rings (SSSR count). The molecule has 1 aromatic carbocycles. The van der Waals surface area contributed by atoms with Gasteiger partial charge in [0.1, 0.15) is 11.8 Å². The molecule has 0 aliphatic carbocycles. The third-order valence-electron chi connectivity index (χ3n) is 4.14. The van der Waals surface area contributed by atoms with Crippen molar-refractivity contribution in [3.05, 3.63) is 41.4 Å². The largest absolute Gasteiger partial charge is 0.484 e. The van der Waals surface area contributed by atoms with Crippen molar-refractivity contribution in [2.24, 2.45) is 0 Å². The van der Waals surface area contributed by atoms with Crippen LogP contribution in [0.3, 0.4) is 0 Å². The maximum absolute atomic E-state index is 12.5. The van der Waals surface area contributed by atoms with Crippen LogP contribution in [0.25, 0.3) is 0 Å². The van der Waals surface area contributed by atoms with Crippen molar-refractivity contribution < 1.29 is 19.1 Å². The molecule has 1 fully saturated rings. The molecule has 1 unspecified atom stereocenters. The van der Waals surface area contributed by atoms with Crippen molar-refractivity contribution in [1.29, 1.82) is 0 Å². The lowest BCUT2D eigenvalue weighted by Gasteiger charge is -2.23. The summed E-state index contributed by atoms with van der Waals surface area (Å²) in [5.41, 5.74) is 0.525. The number of aromatic nitrogens is 1. The second-order valence-corrected chi connectivity index (χ2v) is 6.84. The van der Waals surface area contributed by atoms with Gasteiger partial charge in [0.05, 0.1) is 0 Å². The maximum Gasteiger partial charge on any atom is 0.261 e. The summed E-state index contributed by atoms with van der Waals surface area (Å²) >= 11 is 1.33. The summed E-state index contributed by atoms with van der Waals surface area (Å²) in [6, 6.07) is 6.17.